The number of aliphatic hydroxyl groups excluding tert-OH is 1. The Morgan fingerprint density at radius 1 is 1.44 bits per heavy atom. The van der Waals surface area contributed by atoms with Crippen LogP contribution in [-0.4, -0.2) is 71.5 Å². The molecule has 0 aliphatic carbocycles. The molecule has 2 aliphatic rings. The maximum atomic E-state index is 12.0. The van der Waals surface area contributed by atoms with Crippen molar-refractivity contribution in [3.63, 3.8) is 0 Å². The summed E-state index contributed by atoms with van der Waals surface area (Å²) >= 11 is 0. The monoisotopic (exact) mass is 258 g/mol. The Hall–Kier alpha value is -1.18. The second-order valence-corrected chi connectivity index (χ2v) is 4.72. The van der Waals surface area contributed by atoms with Gasteiger partial charge >= 0.3 is 5.97 Å². The van der Waals surface area contributed by atoms with Crippen molar-refractivity contribution in [2.75, 3.05) is 26.3 Å². The van der Waals surface area contributed by atoms with Crippen molar-refractivity contribution in [2.45, 2.75) is 31.0 Å². The number of likely N-dealkylation sites (tertiary alicyclic amines) is 1. The summed E-state index contributed by atoms with van der Waals surface area (Å²) < 4.78 is 5.24. The van der Waals surface area contributed by atoms with Crippen molar-refractivity contribution in [3.8, 4) is 0 Å². The van der Waals surface area contributed by atoms with Gasteiger partial charge < -0.3 is 25.2 Å². The summed E-state index contributed by atoms with van der Waals surface area (Å²) in [7, 11) is 0. The molecule has 0 radical (unpaired) electrons. The van der Waals surface area contributed by atoms with Gasteiger partial charge in [-0.2, -0.15) is 0 Å². The minimum Gasteiger partial charge on any atom is -0.480 e. The fourth-order valence-corrected chi connectivity index (χ4v) is 2.40. The number of amides is 1. The summed E-state index contributed by atoms with van der Waals surface area (Å²) in [4.78, 5) is 24.3. The molecule has 2 rings (SSSR count). The molecule has 7 heteroatoms. The molecule has 7 nitrogen and oxygen atoms in total. The van der Waals surface area contributed by atoms with Gasteiger partial charge in [0.05, 0.1) is 19.3 Å². The highest BCUT2D eigenvalue weighted by Gasteiger charge is 2.39. The van der Waals surface area contributed by atoms with Crippen LogP contribution in [-0.2, 0) is 14.3 Å². The van der Waals surface area contributed by atoms with E-state index in [4.69, 9.17) is 9.84 Å². The molecule has 2 fully saturated rings. The number of rotatable bonds is 3. The molecule has 0 bridgehead atoms. The molecule has 2 heterocycles. The zero-order valence-electron chi connectivity index (χ0n) is 10.0. The number of aliphatic carboxylic acids is 1. The minimum absolute atomic E-state index is 0.0709. The Labute approximate surface area is 105 Å². The number of β-amino-alcohol motifs (C(OH)–C–C–N with tert-alkyl or cyclic N) is 1. The Morgan fingerprint density at radius 3 is 2.83 bits per heavy atom. The highest BCUT2D eigenvalue weighted by Crippen LogP contribution is 2.19. The van der Waals surface area contributed by atoms with Gasteiger partial charge in [0, 0.05) is 32.0 Å². The lowest BCUT2D eigenvalue weighted by Crippen LogP contribution is -2.47. The van der Waals surface area contributed by atoms with Crippen LogP contribution in [0.2, 0.25) is 0 Å². The van der Waals surface area contributed by atoms with Crippen LogP contribution >= 0.6 is 0 Å². The lowest BCUT2D eigenvalue weighted by molar-refractivity contribution is -0.148. The van der Waals surface area contributed by atoms with Gasteiger partial charge in [0.25, 0.3) is 0 Å². The molecule has 0 saturated carbocycles. The fraction of sp³-hybridized carbons (Fsp3) is 0.818. The van der Waals surface area contributed by atoms with Crippen LogP contribution in [0.1, 0.15) is 12.8 Å². The third-order valence-corrected chi connectivity index (χ3v) is 3.30. The molecular weight excluding hydrogens is 240 g/mol. The highest BCUT2D eigenvalue weighted by atomic mass is 16.5. The third kappa shape index (κ3) is 2.98. The number of carboxylic acids is 1. The van der Waals surface area contributed by atoms with Crippen LogP contribution in [0.25, 0.3) is 0 Å². The predicted molar refractivity (Wildman–Crippen MR) is 61.0 cm³/mol. The van der Waals surface area contributed by atoms with E-state index in [1.165, 1.54) is 4.90 Å². The van der Waals surface area contributed by atoms with Gasteiger partial charge in [0.2, 0.25) is 5.91 Å². The zero-order chi connectivity index (χ0) is 13.1. The van der Waals surface area contributed by atoms with Gasteiger partial charge in [-0.1, -0.05) is 0 Å². The average Bonchev–Trinajstić information content (AvgIpc) is 2.73. The molecule has 1 amide bonds. The summed E-state index contributed by atoms with van der Waals surface area (Å²) in [6.07, 6.45) is -0.433. The number of ether oxygens (including phenoxy) is 1. The van der Waals surface area contributed by atoms with E-state index in [1.54, 1.807) is 0 Å². The second kappa shape index (κ2) is 5.64. The van der Waals surface area contributed by atoms with E-state index in [9.17, 15) is 14.7 Å². The van der Waals surface area contributed by atoms with E-state index in [0.29, 0.717) is 19.8 Å². The number of hydrogen-bond acceptors (Lipinski definition) is 5. The van der Waals surface area contributed by atoms with Crippen molar-refractivity contribution < 1.29 is 24.5 Å². The SMILES string of the molecule is O=C(O)[C@H]1C[C@@H](O)CN1C(=O)CC1COCCN1. The first kappa shape index (κ1) is 13.3. The second-order valence-electron chi connectivity index (χ2n) is 4.72. The number of carbonyl (C=O) groups is 2. The largest absolute Gasteiger partial charge is 0.480 e. The van der Waals surface area contributed by atoms with Gasteiger partial charge in [-0.25, -0.2) is 4.79 Å². The Balaban J connectivity index is 1.92. The van der Waals surface area contributed by atoms with Crippen molar-refractivity contribution in [1.82, 2.24) is 10.2 Å². The normalized spacial score (nSPS) is 32.5. The summed E-state index contributed by atoms with van der Waals surface area (Å²) in [6.45, 7) is 1.89. The van der Waals surface area contributed by atoms with Crippen molar-refractivity contribution in [1.29, 1.82) is 0 Å². The predicted octanol–water partition coefficient (Wildman–Crippen LogP) is -1.59. The van der Waals surface area contributed by atoms with Crippen LogP contribution in [0.4, 0.5) is 0 Å². The Bertz CT molecular complexity index is 329. The number of carboxylic acid groups (broad SMARTS) is 1. The standard InChI is InChI=1S/C11H18N2O5/c14-8-4-9(11(16)17)13(5-8)10(15)3-7-6-18-2-1-12-7/h7-9,12,14H,1-6H2,(H,16,17)/t7?,8-,9-/m1/s1. The van der Waals surface area contributed by atoms with Crippen molar-refractivity contribution >= 4 is 11.9 Å². The Kier molecular flexibility index (Phi) is 4.15. The molecule has 102 valence electrons. The van der Waals surface area contributed by atoms with Gasteiger partial charge in [-0.05, 0) is 0 Å². The maximum Gasteiger partial charge on any atom is 0.326 e. The summed E-state index contributed by atoms with van der Waals surface area (Å²) in [5, 5.41) is 21.6. The first-order valence-corrected chi connectivity index (χ1v) is 6.09. The third-order valence-electron chi connectivity index (χ3n) is 3.30. The van der Waals surface area contributed by atoms with E-state index >= 15 is 0 Å². The molecule has 0 spiro atoms. The zero-order valence-corrected chi connectivity index (χ0v) is 10.0. The quantitative estimate of drug-likeness (QED) is 0.564. The number of hydrogen-bond donors (Lipinski definition) is 3. The van der Waals surface area contributed by atoms with Crippen LogP contribution in [0.5, 0.6) is 0 Å². The number of nitrogens with zero attached hydrogens (tertiary/aromatic N) is 1. The van der Waals surface area contributed by atoms with Gasteiger partial charge in [0.15, 0.2) is 0 Å². The molecule has 0 aromatic rings. The van der Waals surface area contributed by atoms with Gasteiger partial charge in [-0.15, -0.1) is 0 Å². The molecule has 0 aromatic heterocycles. The number of aliphatic hydroxyl groups is 1. The van der Waals surface area contributed by atoms with Gasteiger partial charge in [0.1, 0.15) is 6.04 Å². The number of nitrogens with one attached hydrogen (secondary N) is 1. The molecule has 1 unspecified atom stereocenters. The molecule has 18 heavy (non-hydrogen) atoms. The van der Waals surface area contributed by atoms with Crippen molar-refractivity contribution in [2.24, 2.45) is 0 Å². The summed E-state index contributed by atoms with van der Waals surface area (Å²) in [5.74, 6) is -1.31. The van der Waals surface area contributed by atoms with E-state index < -0.39 is 18.1 Å². The molecule has 0 aromatic carbocycles. The van der Waals surface area contributed by atoms with E-state index in [2.05, 4.69) is 5.32 Å². The lowest BCUT2D eigenvalue weighted by Gasteiger charge is -2.27. The van der Waals surface area contributed by atoms with E-state index in [1.807, 2.05) is 0 Å². The Morgan fingerprint density at radius 2 is 2.22 bits per heavy atom. The topological polar surface area (TPSA) is 99.1 Å². The molecule has 2 saturated heterocycles. The fourth-order valence-electron chi connectivity index (χ4n) is 2.40. The van der Waals surface area contributed by atoms with E-state index in [0.717, 1.165) is 0 Å². The number of morpholine rings is 1. The molecular formula is C11H18N2O5. The average molecular weight is 258 g/mol. The number of carbonyl (C=O) groups excluding carboxylic acids is 1. The minimum atomic E-state index is -1.06. The van der Waals surface area contributed by atoms with Crippen LogP contribution in [0.15, 0.2) is 0 Å². The van der Waals surface area contributed by atoms with Crippen molar-refractivity contribution in [3.05, 3.63) is 0 Å². The maximum absolute atomic E-state index is 12.0. The van der Waals surface area contributed by atoms with E-state index in [-0.39, 0.29) is 31.3 Å². The summed E-state index contributed by atoms with van der Waals surface area (Å²) in [6, 6.07) is -0.976. The molecule has 3 atom stereocenters. The van der Waals surface area contributed by atoms with Gasteiger partial charge in [-0.3, -0.25) is 4.79 Å². The first-order chi connectivity index (χ1) is 8.58. The highest BCUT2D eigenvalue weighted by molar-refractivity contribution is 5.84. The molecule has 2 aliphatic heterocycles. The van der Waals surface area contributed by atoms with Crippen LogP contribution in [0, 0.1) is 0 Å². The lowest BCUT2D eigenvalue weighted by atomic mass is 10.1. The van der Waals surface area contributed by atoms with Crippen LogP contribution < -0.4 is 5.32 Å². The molecule has 3 N–H and O–H groups in total. The summed E-state index contributed by atoms with van der Waals surface area (Å²) in [5.41, 5.74) is 0. The first-order valence-electron chi connectivity index (χ1n) is 6.09. The smallest absolute Gasteiger partial charge is 0.326 e. The van der Waals surface area contributed by atoms with Crippen LogP contribution in [0.3, 0.4) is 0 Å².